The van der Waals surface area contributed by atoms with Gasteiger partial charge < -0.3 is 20.4 Å². The van der Waals surface area contributed by atoms with E-state index in [-0.39, 0.29) is 39.3 Å². The zero-order valence-electron chi connectivity index (χ0n) is 19.2. The van der Waals surface area contributed by atoms with Crippen molar-refractivity contribution in [2.24, 2.45) is 10.4 Å². The van der Waals surface area contributed by atoms with Crippen LogP contribution in [0.15, 0.2) is 10.4 Å². The van der Waals surface area contributed by atoms with Gasteiger partial charge in [0.2, 0.25) is 0 Å². The number of nitroso groups, excluding NO2 is 2. The van der Waals surface area contributed by atoms with Crippen LogP contribution in [0.25, 0.3) is 0 Å². The lowest BCUT2D eigenvalue weighted by atomic mass is 10.3. The fourth-order valence-electron chi connectivity index (χ4n) is 3.02. The molecule has 0 fully saturated rings. The highest BCUT2D eigenvalue weighted by Crippen LogP contribution is 1.99. The molecule has 0 atom stereocenters. The predicted octanol–water partition coefficient (Wildman–Crippen LogP) is -2.88. The fraction of sp³-hybridized carbons (Fsp3) is 0.667. The van der Waals surface area contributed by atoms with Crippen LogP contribution >= 0.6 is 0 Å². The second kappa shape index (κ2) is 17.7. The van der Waals surface area contributed by atoms with Crippen LogP contribution in [0.5, 0.6) is 0 Å². The Labute approximate surface area is 204 Å². The molecule has 0 aromatic heterocycles. The van der Waals surface area contributed by atoms with Crippen molar-refractivity contribution in [3.63, 3.8) is 0 Å². The number of hydrogen-bond acceptors (Lipinski definition) is 12. The van der Waals surface area contributed by atoms with E-state index in [9.17, 15) is 38.6 Å². The molecule has 18 nitrogen and oxygen atoms in total. The van der Waals surface area contributed by atoms with E-state index in [1.165, 1.54) is 9.80 Å². The van der Waals surface area contributed by atoms with Crippen LogP contribution in [0.3, 0.4) is 0 Å². The molecule has 0 heterocycles. The number of rotatable bonds is 21. The topological polar surface area (TPSA) is 255 Å². The number of carbonyl (C=O) groups excluding carboxylic acids is 2. The molecule has 2 amide bonds. The third kappa shape index (κ3) is 16.8. The summed E-state index contributed by atoms with van der Waals surface area (Å²) in [7, 11) is 0. The Balaban J connectivity index is 5.30. The van der Waals surface area contributed by atoms with Crippen molar-refractivity contribution >= 4 is 35.7 Å². The lowest BCUT2D eigenvalue weighted by Crippen LogP contribution is -2.46. The summed E-state index contributed by atoms with van der Waals surface area (Å²) in [5, 5.41) is 40.5. The average Bonchev–Trinajstić information content (AvgIpc) is 2.76. The van der Waals surface area contributed by atoms with Crippen molar-refractivity contribution in [1.82, 2.24) is 19.6 Å². The minimum atomic E-state index is -1.29. The van der Waals surface area contributed by atoms with Gasteiger partial charge in [0.1, 0.15) is 0 Å². The van der Waals surface area contributed by atoms with Crippen LogP contribution in [0.2, 0.25) is 0 Å². The Morgan fingerprint density at radius 3 is 0.944 bits per heavy atom. The zero-order valence-corrected chi connectivity index (χ0v) is 19.2. The molecule has 36 heavy (non-hydrogen) atoms. The number of aliphatic carboxylic acids is 4. The summed E-state index contributed by atoms with van der Waals surface area (Å²) in [4.78, 5) is 92.7. The third-order valence-corrected chi connectivity index (χ3v) is 4.55. The highest BCUT2D eigenvalue weighted by atomic mass is 16.4. The molecule has 0 radical (unpaired) electrons. The maximum absolute atomic E-state index is 11.5. The molecule has 18 heteroatoms. The standard InChI is InChI=1S/C18H28N6O12/c25-13(19-35)7-21(3-6-24(11-17(31)32)12-18(33)34)1-2-22(9-15(27)28)4-5-23(10-16(29)30)8-14(26)20-36/h1-12H2,(H,27,28)(H,29,30)(H,31,32)(H,33,34). The maximum Gasteiger partial charge on any atom is 0.317 e. The molecule has 0 aromatic rings. The van der Waals surface area contributed by atoms with Crippen molar-refractivity contribution in [3.8, 4) is 0 Å². The first kappa shape index (κ1) is 32.3. The summed E-state index contributed by atoms with van der Waals surface area (Å²) in [5.74, 6) is -7.27. The van der Waals surface area contributed by atoms with E-state index >= 15 is 0 Å². The van der Waals surface area contributed by atoms with Gasteiger partial charge in [-0.15, -0.1) is 9.81 Å². The Bertz CT molecular complexity index is 806. The highest BCUT2D eigenvalue weighted by Gasteiger charge is 2.20. The maximum atomic E-state index is 11.5. The van der Waals surface area contributed by atoms with Crippen molar-refractivity contribution < 1.29 is 49.2 Å². The van der Waals surface area contributed by atoms with Crippen molar-refractivity contribution in [3.05, 3.63) is 9.81 Å². The molecule has 0 saturated carbocycles. The number of nitrogens with zero attached hydrogens (tertiary/aromatic N) is 6. The van der Waals surface area contributed by atoms with Crippen molar-refractivity contribution in [1.29, 1.82) is 0 Å². The number of carbonyl (C=O) groups is 6. The van der Waals surface area contributed by atoms with E-state index in [0.29, 0.717) is 0 Å². The van der Waals surface area contributed by atoms with Crippen LogP contribution in [-0.4, -0.2) is 154 Å². The molecule has 0 rings (SSSR count). The lowest BCUT2D eigenvalue weighted by Gasteiger charge is -2.29. The Hall–Kier alpha value is -3.74. The van der Waals surface area contributed by atoms with E-state index in [2.05, 4.69) is 10.4 Å². The second-order valence-electron chi connectivity index (χ2n) is 7.52. The first-order chi connectivity index (χ1) is 16.9. The van der Waals surface area contributed by atoms with Crippen molar-refractivity contribution in [2.45, 2.75) is 0 Å². The molecule has 0 bridgehead atoms. The molecular weight excluding hydrogens is 492 g/mol. The van der Waals surface area contributed by atoms with E-state index in [1.807, 2.05) is 0 Å². The molecule has 0 aliphatic rings. The SMILES string of the molecule is O=NC(=O)CN(CCN(CCN(CC(=O)O)CC(=O)N=O)CC(=O)O)CCN(CC(=O)O)CC(=O)O. The van der Waals surface area contributed by atoms with Gasteiger partial charge in [0.15, 0.2) is 0 Å². The quantitative estimate of drug-likeness (QED) is 0.111. The molecule has 0 aliphatic carbocycles. The van der Waals surface area contributed by atoms with Gasteiger partial charge in [-0.25, -0.2) is 0 Å². The second-order valence-corrected chi connectivity index (χ2v) is 7.52. The Morgan fingerprint density at radius 2 is 0.639 bits per heavy atom. The minimum Gasteiger partial charge on any atom is -0.480 e. The smallest absolute Gasteiger partial charge is 0.317 e. The van der Waals surface area contributed by atoms with E-state index in [4.69, 9.17) is 20.4 Å². The molecule has 202 valence electrons. The third-order valence-electron chi connectivity index (χ3n) is 4.55. The van der Waals surface area contributed by atoms with Gasteiger partial charge in [0.25, 0.3) is 11.8 Å². The molecule has 0 spiro atoms. The van der Waals surface area contributed by atoms with E-state index in [1.54, 1.807) is 0 Å². The Kier molecular flexibility index (Phi) is 15.8. The largest absolute Gasteiger partial charge is 0.480 e. The average molecular weight is 520 g/mol. The number of carboxylic acids is 4. The van der Waals surface area contributed by atoms with Crippen LogP contribution in [-0.2, 0) is 28.8 Å². The molecule has 4 N–H and O–H groups in total. The van der Waals surface area contributed by atoms with E-state index in [0.717, 1.165) is 9.80 Å². The molecule has 0 saturated heterocycles. The zero-order chi connectivity index (χ0) is 27.7. The van der Waals surface area contributed by atoms with Gasteiger partial charge >= 0.3 is 23.9 Å². The summed E-state index contributed by atoms with van der Waals surface area (Å²) in [6, 6.07) is 0. The number of amides is 2. The predicted molar refractivity (Wildman–Crippen MR) is 118 cm³/mol. The van der Waals surface area contributed by atoms with Gasteiger partial charge in [-0.2, -0.15) is 0 Å². The van der Waals surface area contributed by atoms with Gasteiger partial charge in [0.05, 0.1) is 39.3 Å². The summed E-state index contributed by atoms with van der Waals surface area (Å²) in [6.07, 6.45) is 0. The van der Waals surface area contributed by atoms with Gasteiger partial charge in [-0.1, -0.05) is 0 Å². The first-order valence-corrected chi connectivity index (χ1v) is 10.3. The summed E-state index contributed by atoms with van der Waals surface area (Å²) < 4.78 is 0. The molecule has 0 unspecified atom stereocenters. The first-order valence-electron chi connectivity index (χ1n) is 10.3. The lowest BCUT2D eigenvalue weighted by molar-refractivity contribution is -0.142. The van der Waals surface area contributed by atoms with Crippen LogP contribution in [0.1, 0.15) is 0 Å². The van der Waals surface area contributed by atoms with Gasteiger partial charge in [-0.3, -0.25) is 48.4 Å². The van der Waals surface area contributed by atoms with Crippen molar-refractivity contribution in [2.75, 3.05) is 78.5 Å². The Morgan fingerprint density at radius 1 is 0.417 bits per heavy atom. The number of hydrogen-bond donors (Lipinski definition) is 4. The normalized spacial score (nSPS) is 11.1. The highest BCUT2D eigenvalue weighted by molar-refractivity contribution is 5.79. The summed E-state index contributed by atoms with van der Waals surface area (Å²) in [5.41, 5.74) is 0. The molecular formula is C18H28N6O12. The van der Waals surface area contributed by atoms with Crippen LogP contribution in [0.4, 0.5) is 0 Å². The van der Waals surface area contributed by atoms with Gasteiger partial charge in [-0.05, 0) is 0 Å². The molecule has 0 aromatic carbocycles. The summed E-state index contributed by atoms with van der Waals surface area (Å²) >= 11 is 0. The fourth-order valence-corrected chi connectivity index (χ4v) is 3.02. The minimum absolute atomic E-state index is 0.0307. The number of carboxylic acid groups (broad SMARTS) is 4. The monoisotopic (exact) mass is 520 g/mol. The van der Waals surface area contributed by atoms with Crippen LogP contribution < -0.4 is 0 Å². The summed E-state index contributed by atoms with van der Waals surface area (Å²) in [6.45, 7) is -3.84. The van der Waals surface area contributed by atoms with Crippen LogP contribution in [0, 0.1) is 9.81 Å². The molecule has 0 aliphatic heterocycles. The van der Waals surface area contributed by atoms with Gasteiger partial charge in [0, 0.05) is 49.6 Å². The van der Waals surface area contributed by atoms with E-state index < -0.39 is 75.0 Å².